The lowest BCUT2D eigenvalue weighted by molar-refractivity contribution is 0.167. The molecule has 0 aromatic carbocycles. The van der Waals surface area contributed by atoms with E-state index in [1.807, 2.05) is 21.6 Å². The summed E-state index contributed by atoms with van der Waals surface area (Å²) in [4.78, 5) is 0. The van der Waals surface area contributed by atoms with Gasteiger partial charge in [-0.25, -0.2) is 0 Å². The molecular formula is C8H16S2. The van der Waals surface area contributed by atoms with Crippen LogP contribution in [-0.4, -0.2) is 11.5 Å². The largest absolute Gasteiger partial charge is 0.0936 e. The van der Waals surface area contributed by atoms with Gasteiger partial charge in [0.25, 0.3) is 0 Å². The molecule has 1 aliphatic rings. The summed E-state index contributed by atoms with van der Waals surface area (Å²) in [7, 11) is 4.04. The van der Waals surface area contributed by atoms with Gasteiger partial charge in [0, 0.05) is 11.5 Å². The summed E-state index contributed by atoms with van der Waals surface area (Å²) >= 11 is 0. The molecule has 0 N–H and O–H groups in total. The van der Waals surface area contributed by atoms with E-state index < -0.39 is 0 Å². The van der Waals surface area contributed by atoms with Crippen LogP contribution in [0.15, 0.2) is 0 Å². The molecule has 1 heterocycles. The average molecular weight is 176 g/mol. The van der Waals surface area contributed by atoms with Crippen LogP contribution in [-0.2, 0) is 0 Å². The minimum Gasteiger partial charge on any atom is -0.0936 e. The highest BCUT2D eigenvalue weighted by molar-refractivity contribution is 8.76. The predicted octanol–water partition coefficient (Wildman–Crippen LogP) is 3.43. The highest BCUT2D eigenvalue weighted by Crippen LogP contribution is 2.51. The first-order chi connectivity index (χ1) is 4.46. The van der Waals surface area contributed by atoms with Crippen molar-refractivity contribution in [3.63, 3.8) is 0 Å². The second-order valence-electron chi connectivity index (χ2n) is 4.29. The summed E-state index contributed by atoms with van der Waals surface area (Å²) in [6.45, 7) is 9.50. The molecule has 0 nitrogen and oxygen atoms in total. The second-order valence-corrected chi connectivity index (χ2v) is 6.76. The summed E-state index contributed by atoms with van der Waals surface area (Å²) in [6.07, 6.45) is 0. The fraction of sp³-hybridized carbons (Fsp3) is 1.00. The van der Waals surface area contributed by atoms with Gasteiger partial charge in [-0.1, -0.05) is 49.3 Å². The Kier molecular flexibility index (Phi) is 2.31. The van der Waals surface area contributed by atoms with Crippen LogP contribution in [0, 0.1) is 10.8 Å². The van der Waals surface area contributed by atoms with E-state index in [9.17, 15) is 0 Å². The maximum Gasteiger partial charge on any atom is 0.00937 e. The van der Waals surface area contributed by atoms with E-state index in [0.717, 1.165) is 0 Å². The molecule has 0 aromatic heterocycles. The Morgan fingerprint density at radius 1 is 0.800 bits per heavy atom. The molecule has 1 fully saturated rings. The first-order valence-corrected chi connectivity index (χ1v) is 6.19. The molecule has 0 amide bonds. The van der Waals surface area contributed by atoms with Gasteiger partial charge in [0.05, 0.1) is 0 Å². The van der Waals surface area contributed by atoms with Gasteiger partial charge in [-0.3, -0.25) is 0 Å². The molecule has 0 saturated carbocycles. The molecule has 0 bridgehead atoms. The second kappa shape index (κ2) is 2.63. The van der Waals surface area contributed by atoms with Crippen molar-refractivity contribution in [3.05, 3.63) is 0 Å². The number of hydrogen-bond acceptors (Lipinski definition) is 2. The molecule has 1 saturated heterocycles. The standard InChI is InChI=1S/C8H16S2/c1-7(2)5-9-10-6-8(7,3)4/h5-6H2,1-4H3. The summed E-state index contributed by atoms with van der Waals surface area (Å²) in [6, 6.07) is 0. The summed E-state index contributed by atoms with van der Waals surface area (Å²) in [5.41, 5.74) is 1.03. The van der Waals surface area contributed by atoms with Crippen molar-refractivity contribution in [1.29, 1.82) is 0 Å². The Hall–Kier alpha value is 0.700. The molecule has 1 rings (SSSR count). The van der Waals surface area contributed by atoms with E-state index in [4.69, 9.17) is 0 Å². The van der Waals surface area contributed by atoms with Crippen LogP contribution < -0.4 is 0 Å². The van der Waals surface area contributed by atoms with E-state index in [-0.39, 0.29) is 0 Å². The van der Waals surface area contributed by atoms with Crippen molar-refractivity contribution in [2.75, 3.05) is 11.5 Å². The maximum absolute atomic E-state index is 2.37. The normalized spacial score (nSPS) is 30.0. The number of rotatable bonds is 0. The van der Waals surface area contributed by atoms with Gasteiger partial charge in [0.1, 0.15) is 0 Å². The Morgan fingerprint density at radius 2 is 1.10 bits per heavy atom. The molecule has 60 valence electrons. The molecule has 0 atom stereocenters. The Morgan fingerprint density at radius 3 is 1.30 bits per heavy atom. The molecule has 1 aliphatic heterocycles. The van der Waals surface area contributed by atoms with Gasteiger partial charge in [-0.05, 0) is 10.8 Å². The van der Waals surface area contributed by atoms with E-state index in [1.54, 1.807) is 0 Å². The first kappa shape index (κ1) is 8.79. The lowest BCUT2D eigenvalue weighted by Crippen LogP contribution is -2.38. The third kappa shape index (κ3) is 1.48. The summed E-state index contributed by atoms with van der Waals surface area (Å²) in [5, 5.41) is 0. The third-order valence-corrected chi connectivity index (χ3v) is 5.81. The van der Waals surface area contributed by atoms with Crippen LogP contribution in [0.2, 0.25) is 0 Å². The molecule has 2 heteroatoms. The van der Waals surface area contributed by atoms with Crippen molar-refractivity contribution in [3.8, 4) is 0 Å². The van der Waals surface area contributed by atoms with Crippen molar-refractivity contribution in [1.82, 2.24) is 0 Å². The lowest BCUT2D eigenvalue weighted by Gasteiger charge is -2.44. The van der Waals surface area contributed by atoms with Crippen LogP contribution in [0.3, 0.4) is 0 Å². The van der Waals surface area contributed by atoms with Crippen LogP contribution in [0.4, 0.5) is 0 Å². The predicted molar refractivity (Wildman–Crippen MR) is 52.5 cm³/mol. The minimum atomic E-state index is 0.517. The van der Waals surface area contributed by atoms with Gasteiger partial charge in [0.2, 0.25) is 0 Å². The Bertz CT molecular complexity index is 111. The van der Waals surface area contributed by atoms with Crippen LogP contribution in [0.1, 0.15) is 27.7 Å². The van der Waals surface area contributed by atoms with Crippen molar-refractivity contribution >= 4 is 21.6 Å². The van der Waals surface area contributed by atoms with E-state index in [1.165, 1.54) is 11.5 Å². The molecule has 0 radical (unpaired) electrons. The van der Waals surface area contributed by atoms with E-state index in [2.05, 4.69) is 27.7 Å². The minimum absolute atomic E-state index is 0.517. The van der Waals surface area contributed by atoms with Gasteiger partial charge >= 0.3 is 0 Å². The highest BCUT2D eigenvalue weighted by atomic mass is 33.1. The van der Waals surface area contributed by atoms with Gasteiger partial charge in [0.15, 0.2) is 0 Å². The summed E-state index contributed by atoms with van der Waals surface area (Å²) in [5.74, 6) is 2.59. The monoisotopic (exact) mass is 176 g/mol. The molecule has 0 unspecified atom stereocenters. The zero-order valence-electron chi connectivity index (χ0n) is 7.23. The fourth-order valence-electron chi connectivity index (χ4n) is 0.769. The quantitative estimate of drug-likeness (QED) is 0.519. The topological polar surface area (TPSA) is 0 Å². The third-order valence-electron chi connectivity index (χ3n) is 2.75. The number of hydrogen-bond donors (Lipinski definition) is 0. The van der Waals surface area contributed by atoms with Crippen LogP contribution in [0.25, 0.3) is 0 Å². The SMILES string of the molecule is CC1(C)CSSCC1(C)C. The van der Waals surface area contributed by atoms with Crippen molar-refractivity contribution in [2.45, 2.75) is 27.7 Å². The maximum atomic E-state index is 2.37. The van der Waals surface area contributed by atoms with E-state index >= 15 is 0 Å². The zero-order valence-corrected chi connectivity index (χ0v) is 8.86. The lowest BCUT2D eigenvalue weighted by atomic mass is 9.70. The van der Waals surface area contributed by atoms with Crippen LogP contribution in [0.5, 0.6) is 0 Å². The van der Waals surface area contributed by atoms with Crippen molar-refractivity contribution in [2.24, 2.45) is 10.8 Å². The molecule has 10 heavy (non-hydrogen) atoms. The van der Waals surface area contributed by atoms with E-state index in [0.29, 0.717) is 10.8 Å². The van der Waals surface area contributed by atoms with Gasteiger partial charge < -0.3 is 0 Å². The molecule has 0 spiro atoms. The molecule has 0 aliphatic carbocycles. The summed E-state index contributed by atoms with van der Waals surface area (Å²) < 4.78 is 0. The first-order valence-electron chi connectivity index (χ1n) is 3.70. The molecular weight excluding hydrogens is 160 g/mol. The fourth-order valence-corrected chi connectivity index (χ4v) is 4.57. The molecule has 0 aromatic rings. The average Bonchev–Trinajstić information content (AvgIpc) is 1.77. The Labute approximate surface area is 71.9 Å². The van der Waals surface area contributed by atoms with Crippen molar-refractivity contribution < 1.29 is 0 Å². The Balaban J connectivity index is 2.70. The zero-order chi connectivity index (χ0) is 7.83. The van der Waals surface area contributed by atoms with Gasteiger partial charge in [-0.2, -0.15) is 0 Å². The highest BCUT2D eigenvalue weighted by Gasteiger charge is 2.39. The smallest absolute Gasteiger partial charge is 0.00937 e. The van der Waals surface area contributed by atoms with Gasteiger partial charge in [-0.15, -0.1) is 0 Å². The van der Waals surface area contributed by atoms with Crippen LogP contribution >= 0.6 is 21.6 Å².